The van der Waals surface area contributed by atoms with Gasteiger partial charge in [0.25, 0.3) is 5.56 Å². The van der Waals surface area contributed by atoms with Crippen molar-refractivity contribution in [1.29, 1.82) is 0 Å². The summed E-state index contributed by atoms with van der Waals surface area (Å²) in [6.45, 7) is 8.49. The number of hydrogen-bond acceptors (Lipinski definition) is 6. The second-order valence-electron chi connectivity index (χ2n) is 7.59. The molecular formula is C20H28N6O. The van der Waals surface area contributed by atoms with E-state index in [1.54, 1.807) is 17.1 Å². The molecule has 4 rings (SSSR count). The largest absolute Gasteiger partial charge is 0.299 e. The van der Waals surface area contributed by atoms with Gasteiger partial charge < -0.3 is 0 Å². The summed E-state index contributed by atoms with van der Waals surface area (Å²) in [6, 6.07) is 1.81. The Labute approximate surface area is 160 Å². The third kappa shape index (κ3) is 4.42. The molecule has 2 aromatic heterocycles. The van der Waals surface area contributed by atoms with E-state index >= 15 is 0 Å². The Bertz CT molecular complexity index is 841. The van der Waals surface area contributed by atoms with Crippen molar-refractivity contribution in [2.24, 2.45) is 0 Å². The number of aromatic nitrogens is 4. The van der Waals surface area contributed by atoms with E-state index in [2.05, 4.69) is 24.9 Å². The van der Waals surface area contributed by atoms with E-state index in [-0.39, 0.29) is 5.56 Å². The standard InChI is InChI=1S/C20H28N6O/c1-16-19(22-7-6-21-16)15-25-10-8-24(9-11-25)12-13-26-20(27)14-17-4-2-3-5-18(17)23-26/h6-7,14H,2-5,8-13,15H2,1H3. The van der Waals surface area contributed by atoms with Gasteiger partial charge in [0.2, 0.25) is 0 Å². The fourth-order valence-electron chi connectivity index (χ4n) is 3.97. The molecule has 0 radical (unpaired) electrons. The highest BCUT2D eigenvalue weighted by Gasteiger charge is 2.19. The Morgan fingerprint density at radius 1 is 0.963 bits per heavy atom. The number of rotatable bonds is 5. The van der Waals surface area contributed by atoms with Crippen LogP contribution in [-0.4, -0.2) is 62.3 Å². The molecule has 144 valence electrons. The molecule has 27 heavy (non-hydrogen) atoms. The van der Waals surface area contributed by atoms with Crippen molar-refractivity contribution >= 4 is 0 Å². The van der Waals surface area contributed by atoms with E-state index in [0.717, 1.165) is 74.8 Å². The molecule has 3 heterocycles. The van der Waals surface area contributed by atoms with Crippen molar-refractivity contribution in [3.63, 3.8) is 0 Å². The van der Waals surface area contributed by atoms with Crippen molar-refractivity contribution in [3.8, 4) is 0 Å². The summed E-state index contributed by atoms with van der Waals surface area (Å²) in [6.07, 6.45) is 7.89. The monoisotopic (exact) mass is 368 g/mol. The molecule has 7 heteroatoms. The van der Waals surface area contributed by atoms with Crippen molar-refractivity contribution < 1.29 is 0 Å². The van der Waals surface area contributed by atoms with Crippen LogP contribution in [0.5, 0.6) is 0 Å². The van der Waals surface area contributed by atoms with Crippen LogP contribution in [0, 0.1) is 6.92 Å². The molecule has 0 N–H and O–H groups in total. The molecule has 1 aliphatic carbocycles. The second-order valence-corrected chi connectivity index (χ2v) is 7.59. The van der Waals surface area contributed by atoms with Crippen LogP contribution in [0.3, 0.4) is 0 Å². The van der Waals surface area contributed by atoms with Crippen LogP contribution in [-0.2, 0) is 25.9 Å². The summed E-state index contributed by atoms with van der Waals surface area (Å²) < 4.78 is 1.67. The number of hydrogen-bond donors (Lipinski definition) is 0. The topological polar surface area (TPSA) is 67.2 Å². The molecule has 0 atom stereocenters. The minimum absolute atomic E-state index is 0.0485. The predicted octanol–water partition coefficient (Wildman–Crippen LogP) is 1.04. The van der Waals surface area contributed by atoms with Crippen LogP contribution in [0.2, 0.25) is 0 Å². The Hall–Kier alpha value is -2.12. The molecule has 1 aliphatic heterocycles. The lowest BCUT2D eigenvalue weighted by molar-refractivity contribution is 0.121. The van der Waals surface area contributed by atoms with Gasteiger partial charge in [0.15, 0.2) is 0 Å². The number of nitrogens with zero attached hydrogens (tertiary/aromatic N) is 6. The molecule has 1 saturated heterocycles. The first kappa shape index (κ1) is 18.3. The minimum Gasteiger partial charge on any atom is -0.299 e. The van der Waals surface area contributed by atoms with E-state index < -0.39 is 0 Å². The maximum Gasteiger partial charge on any atom is 0.267 e. The summed E-state index contributed by atoms with van der Waals surface area (Å²) in [7, 11) is 0. The van der Waals surface area contributed by atoms with Gasteiger partial charge in [0, 0.05) is 57.7 Å². The Kier molecular flexibility index (Phi) is 5.59. The van der Waals surface area contributed by atoms with Gasteiger partial charge in [-0.2, -0.15) is 5.10 Å². The number of fused-ring (bicyclic) bond motifs is 1. The molecule has 0 spiro atoms. The van der Waals surface area contributed by atoms with Crippen LogP contribution in [0.15, 0.2) is 23.3 Å². The molecule has 0 saturated carbocycles. The molecule has 0 amide bonds. The normalized spacial score (nSPS) is 18.4. The van der Waals surface area contributed by atoms with E-state index in [1.165, 1.54) is 12.8 Å². The molecular weight excluding hydrogens is 340 g/mol. The van der Waals surface area contributed by atoms with Crippen LogP contribution in [0.4, 0.5) is 0 Å². The highest BCUT2D eigenvalue weighted by molar-refractivity contribution is 5.20. The molecule has 0 bridgehead atoms. The van der Waals surface area contributed by atoms with Crippen molar-refractivity contribution in [2.45, 2.75) is 45.7 Å². The van der Waals surface area contributed by atoms with Crippen LogP contribution in [0.25, 0.3) is 0 Å². The van der Waals surface area contributed by atoms with Crippen molar-refractivity contribution in [3.05, 3.63) is 51.5 Å². The van der Waals surface area contributed by atoms with Crippen molar-refractivity contribution in [1.82, 2.24) is 29.5 Å². The van der Waals surface area contributed by atoms with E-state index in [0.29, 0.717) is 6.54 Å². The van der Waals surface area contributed by atoms with Gasteiger partial charge in [-0.3, -0.25) is 24.6 Å². The fourth-order valence-corrected chi connectivity index (χ4v) is 3.97. The maximum atomic E-state index is 12.3. The van der Waals surface area contributed by atoms with Gasteiger partial charge in [0.05, 0.1) is 23.6 Å². The highest BCUT2D eigenvalue weighted by atomic mass is 16.1. The third-order valence-corrected chi connectivity index (χ3v) is 5.72. The first-order valence-electron chi connectivity index (χ1n) is 10.00. The van der Waals surface area contributed by atoms with Gasteiger partial charge in [0.1, 0.15) is 0 Å². The second kappa shape index (κ2) is 8.27. The summed E-state index contributed by atoms with van der Waals surface area (Å²) in [5.41, 5.74) is 4.42. The zero-order chi connectivity index (χ0) is 18.6. The SMILES string of the molecule is Cc1nccnc1CN1CCN(CCn2nc3c(cc2=O)CCCC3)CC1. The van der Waals surface area contributed by atoms with Crippen molar-refractivity contribution in [2.75, 3.05) is 32.7 Å². The molecule has 0 unspecified atom stereocenters. The first-order valence-corrected chi connectivity index (χ1v) is 10.00. The van der Waals surface area contributed by atoms with E-state index in [9.17, 15) is 4.79 Å². The Balaban J connectivity index is 1.29. The van der Waals surface area contributed by atoms with Crippen LogP contribution in [0.1, 0.15) is 35.5 Å². The van der Waals surface area contributed by atoms with E-state index in [1.807, 2.05) is 13.0 Å². The molecule has 0 aromatic carbocycles. The van der Waals surface area contributed by atoms with Gasteiger partial charge in [-0.15, -0.1) is 0 Å². The minimum atomic E-state index is 0.0485. The average Bonchev–Trinajstić information content (AvgIpc) is 2.69. The van der Waals surface area contributed by atoms with Gasteiger partial charge >= 0.3 is 0 Å². The average molecular weight is 368 g/mol. The lowest BCUT2D eigenvalue weighted by Gasteiger charge is -2.34. The number of piperazine rings is 1. The maximum absolute atomic E-state index is 12.3. The van der Waals surface area contributed by atoms with Crippen LogP contribution < -0.4 is 5.56 Å². The predicted molar refractivity (Wildman–Crippen MR) is 104 cm³/mol. The fraction of sp³-hybridized carbons (Fsp3) is 0.600. The Morgan fingerprint density at radius 3 is 2.52 bits per heavy atom. The molecule has 2 aliphatic rings. The quantitative estimate of drug-likeness (QED) is 0.786. The molecule has 1 fully saturated rings. The summed E-state index contributed by atoms with van der Waals surface area (Å²) >= 11 is 0. The zero-order valence-electron chi connectivity index (χ0n) is 16.1. The Morgan fingerprint density at radius 2 is 1.70 bits per heavy atom. The smallest absolute Gasteiger partial charge is 0.267 e. The van der Waals surface area contributed by atoms with Crippen LogP contribution >= 0.6 is 0 Å². The third-order valence-electron chi connectivity index (χ3n) is 5.72. The summed E-state index contributed by atoms with van der Waals surface area (Å²) in [5.74, 6) is 0. The van der Waals surface area contributed by atoms with Gasteiger partial charge in [-0.05, 0) is 38.2 Å². The first-order chi connectivity index (χ1) is 13.2. The van der Waals surface area contributed by atoms with E-state index in [4.69, 9.17) is 0 Å². The molecule has 2 aromatic rings. The number of aryl methyl sites for hydroxylation is 3. The summed E-state index contributed by atoms with van der Waals surface area (Å²) in [5, 5.41) is 4.63. The summed E-state index contributed by atoms with van der Waals surface area (Å²) in [4.78, 5) is 25.9. The van der Waals surface area contributed by atoms with Gasteiger partial charge in [-0.1, -0.05) is 0 Å². The van der Waals surface area contributed by atoms with Gasteiger partial charge in [-0.25, -0.2) is 4.68 Å². The molecule has 7 nitrogen and oxygen atoms in total. The lowest BCUT2D eigenvalue weighted by atomic mass is 9.97. The highest BCUT2D eigenvalue weighted by Crippen LogP contribution is 2.17. The zero-order valence-corrected chi connectivity index (χ0v) is 16.1. The lowest BCUT2D eigenvalue weighted by Crippen LogP contribution is -2.47.